The Hall–Kier alpha value is -2.60. The van der Waals surface area contributed by atoms with Gasteiger partial charge in [0.2, 0.25) is 0 Å². The van der Waals surface area contributed by atoms with Crippen LogP contribution in [0.5, 0.6) is 0 Å². The summed E-state index contributed by atoms with van der Waals surface area (Å²) in [5.74, 6) is 0.900. The predicted octanol–water partition coefficient (Wildman–Crippen LogP) is 2.69. The number of hydrogen-bond donors (Lipinski definition) is 0. The molecule has 0 bridgehead atoms. The molecule has 0 spiro atoms. The van der Waals surface area contributed by atoms with E-state index in [1.165, 1.54) is 30.4 Å². The zero-order chi connectivity index (χ0) is 16.9. The van der Waals surface area contributed by atoms with Crippen LogP contribution in [0.4, 0.5) is 0 Å². The van der Waals surface area contributed by atoms with Crippen molar-refractivity contribution in [3.8, 4) is 0 Å². The third-order valence-electron chi connectivity index (χ3n) is 4.76. The van der Waals surface area contributed by atoms with Gasteiger partial charge in [0.15, 0.2) is 5.82 Å². The van der Waals surface area contributed by atoms with Gasteiger partial charge in [-0.2, -0.15) is 0 Å². The molecule has 3 heterocycles. The van der Waals surface area contributed by atoms with Crippen molar-refractivity contribution in [1.82, 2.24) is 30.1 Å². The molecular weight excluding hydrogens is 312 g/mol. The van der Waals surface area contributed by atoms with Gasteiger partial charge < -0.3 is 0 Å². The van der Waals surface area contributed by atoms with Gasteiger partial charge in [-0.1, -0.05) is 36.8 Å². The van der Waals surface area contributed by atoms with Crippen LogP contribution in [-0.4, -0.2) is 43.2 Å². The average molecular weight is 334 g/mol. The molecule has 128 valence electrons. The first-order chi connectivity index (χ1) is 12.4. The monoisotopic (exact) mass is 334 g/mol. The second kappa shape index (κ2) is 7.53. The first kappa shape index (κ1) is 15.9. The fourth-order valence-corrected chi connectivity index (χ4v) is 3.52. The summed E-state index contributed by atoms with van der Waals surface area (Å²) in [7, 11) is 0. The van der Waals surface area contributed by atoms with E-state index in [1.54, 1.807) is 0 Å². The minimum Gasteiger partial charge on any atom is -0.290 e. The smallest absolute Gasteiger partial charge is 0.173 e. The minimum absolute atomic E-state index is 0.0713. The van der Waals surface area contributed by atoms with Crippen molar-refractivity contribution < 1.29 is 0 Å². The summed E-state index contributed by atoms with van der Waals surface area (Å²) >= 11 is 0. The summed E-state index contributed by atoms with van der Waals surface area (Å²) in [5, 5.41) is 12.7. The molecule has 3 aromatic rings. The molecular formula is C19H22N6. The van der Waals surface area contributed by atoms with E-state index >= 15 is 0 Å². The third-order valence-corrected chi connectivity index (χ3v) is 4.76. The summed E-state index contributed by atoms with van der Waals surface area (Å²) in [4.78, 5) is 6.66. The SMILES string of the molecule is c1ccc(Cn2nnnc2C(c2ccncc2)N2CCCCC2)cc1. The van der Waals surface area contributed by atoms with Crippen molar-refractivity contribution in [1.29, 1.82) is 0 Å². The average Bonchev–Trinajstić information content (AvgIpc) is 3.12. The van der Waals surface area contributed by atoms with E-state index < -0.39 is 0 Å². The van der Waals surface area contributed by atoms with Gasteiger partial charge in [-0.3, -0.25) is 9.88 Å². The molecule has 6 nitrogen and oxygen atoms in total. The van der Waals surface area contributed by atoms with Crippen LogP contribution in [0.3, 0.4) is 0 Å². The summed E-state index contributed by atoms with van der Waals surface area (Å²) in [6.45, 7) is 2.83. The fraction of sp³-hybridized carbons (Fsp3) is 0.368. The number of pyridine rings is 1. The van der Waals surface area contributed by atoms with Crippen LogP contribution in [0, 0.1) is 0 Å². The first-order valence-corrected chi connectivity index (χ1v) is 8.86. The topological polar surface area (TPSA) is 59.7 Å². The van der Waals surface area contributed by atoms with Crippen molar-refractivity contribution in [3.05, 3.63) is 71.8 Å². The molecule has 1 unspecified atom stereocenters. The van der Waals surface area contributed by atoms with Gasteiger partial charge >= 0.3 is 0 Å². The number of likely N-dealkylation sites (tertiary alicyclic amines) is 1. The second-order valence-electron chi connectivity index (χ2n) is 6.46. The number of rotatable bonds is 5. The van der Waals surface area contributed by atoms with Crippen LogP contribution in [-0.2, 0) is 6.54 Å². The Morgan fingerprint density at radius 2 is 1.68 bits per heavy atom. The van der Waals surface area contributed by atoms with Crippen LogP contribution in [0.25, 0.3) is 0 Å². The van der Waals surface area contributed by atoms with Crippen molar-refractivity contribution in [2.75, 3.05) is 13.1 Å². The normalized spacial score (nSPS) is 16.6. The van der Waals surface area contributed by atoms with Crippen molar-refractivity contribution in [2.24, 2.45) is 0 Å². The number of aromatic nitrogens is 5. The van der Waals surface area contributed by atoms with E-state index in [0.717, 1.165) is 18.9 Å². The fourth-order valence-electron chi connectivity index (χ4n) is 3.52. The Labute approximate surface area is 147 Å². The summed E-state index contributed by atoms with van der Waals surface area (Å²) in [5.41, 5.74) is 2.39. The lowest BCUT2D eigenvalue weighted by Crippen LogP contribution is -2.36. The number of tetrazole rings is 1. The lowest BCUT2D eigenvalue weighted by atomic mass is 10.0. The number of hydrogen-bond acceptors (Lipinski definition) is 5. The Kier molecular flexibility index (Phi) is 4.79. The van der Waals surface area contributed by atoms with Crippen molar-refractivity contribution >= 4 is 0 Å². The molecule has 1 aromatic carbocycles. The highest BCUT2D eigenvalue weighted by Gasteiger charge is 2.28. The largest absolute Gasteiger partial charge is 0.290 e. The van der Waals surface area contributed by atoms with Gasteiger partial charge in [0.1, 0.15) is 0 Å². The van der Waals surface area contributed by atoms with Crippen LogP contribution in [0.15, 0.2) is 54.9 Å². The zero-order valence-electron chi connectivity index (χ0n) is 14.2. The maximum absolute atomic E-state index is 4.40. The van der Waals surface area contributed by atoms with Gasteiger partial charge in [0.25, 0.3) is 0 Å². The summed E-state index contributed by atoms with van der Waals surface area (Å²) in [6, 6.07) is 14.5. The maximum Gasteiger partial charge on any atom is 0.173 e. The number of benzene rings is 1. The minimum atomic E-state index is 0.0713. The molecule has 1 atom stereocenters. The maximum atomic E-state index is 4.40. The highest BCUT2D eigenvalue weighted by Crippen LogP contribution is 2.29. The molecule has 1 saturated heterocycles. The Balaban J connectivity index is 1.69. The van der Waals surface area contributed by atoms with E-state index in [1.807, 2.05) is 35.3 Å². The second-order valence-corrected chi connectivity index (χ2v) is 6.46. The molecule has 2 aromatic heterocycles. The Morgan fingerprint density at radius 1 is 0.920 bits per heavy atom. The molecule has 0 N–H and O–H groups in total. The molecule has 6 heteroatoms. The van der Waals surface area contributed by atoms with Crippen LogP contribution >= 0.6 is 0 Å². The number of piperidine rings is 1. The van der Waals surface area contributed by atoms with Crippen LogP contribution < -0.4 is 0 Å². The van der Waals surface area contributed by atoms with Gasteiger partial charge in [-0.25, -0.2) is 4.68 Å². The Morgan fingerprint density at radius 3 is 2.44 bits per heavy atom. The van der Waals surface area contributed by atoms with E-state index in [2.05, 4.69) is 49.7 Å². The summed E-state index contributed by atoms with van der Waals surface area (Å²) < 4.78 is 1.93. The molecule has 1 aliphatic rings. The molecule has 1 aliphatic heterocycles. The zero-order valence-corrected chi connectivity index (χ0v) is 14.2. The predicted molar refractivity (Wildman–Crippen MR) is 94.9 cm³/mol. The van der Waals surface area contributed by atoms with Crippen molar-refractivity contribution in [2.45, 2.75) is 31.8 Å². The van der Waals surface area contributed by atoms with E-state index in [0.29, 0.717) is 6.54 Å². The van der Waals surface area contributed by atoms with Gasteiger partial charge in [-0.15, -0.1) is 5.10 Å². The quantitative estimate of drug-likeness (QED) is 0.718. The van der Waals surface area contributed by atoms with Gasteiger partial charge in [0, 0.05) is 12.4 Å². The third kappa shape index (κ3) is 3.58. The highest BCUT2D eigenvalue weighted by molar-refractivity contribution is 5.23. The lowest BCUT2D eigenvalue weighted by molar-refractivity contribution is 0.178. The highest BCUT2D eigenvalue weighted by atomic mass is 15.5. The van der Waals surface area contributed by atoms with Crippen LogP contribution in [0.1, 0.15) is 42.3 Å². The van der Waals surface area contributed by atoms with Crippen molar-refractivity contribution in [3.63, 3.8) is 0 Å². The standard InChI is InChI=1S/C19H22N6/c1-3-7-16(8-4-1)15-25-19(21-22-23-25)18(17-9-11-20-12-10-17)24-13-5-2-6-14-24/h1,3-4,7-12,18H,2,5-6,13-15H2. The molecule has 25 heavy (non-hydrogen) atoms. The lowest BCUT2D eigenvalue weighted by Gasteiger charge is -2.33. The molecule has 4 rings (SSSR count). The number of nitrogens with zero attached hydrogens (tertiary/aromatic N) is 6. The first-order valence-electron chi connectivity index (χ1n) is 8.86. The molecule has 0 aliphatic carbocycles. The Bertz CT molecular complexity index is 780. The van der Waals surface area contributed by atoms with E-state index in [9.17, 15) is 0 Å². The molecule has 0 amide bonds. The van der Waals surface area contributed by atoms with Gasteiger partial charge in [-0.05, 0) is 59.6 Å². The molecule has 0 radical (unpaired) electrons. The van der Waals surface area contributed by atoms with Crippen LogP contribution in [0.2, 0.25) is 0 Å². The molecule has 1 fully saturated rings. The molecule has 0 saturated carbocycles. The van der Waals surface area contributed by atoms with Gasteiger partial charge in [0.05, 0.1) is 12.6 Å². The van der Waals surface area contributed by atoms with E-state index in [4.69, 9.17) is 0 Å². The van der Waals surface area contributed by atoms with E-state index in [-0.39, 0.29) is 6.04 Å². The summed E-state index contributed by atoms with van der Waals surface area (Å²) in [6.07, 6.45) is 7.44.